The first-order chi connectivity index (χ1) is 8.60. The van der Waals surface area contributed by atoms with E-state index < -0.39 is 22.4 Å². The molecule has 0 saturated heterocycles. The maximum atomic E-state index is 12.5. The number of carboxylic acids is 1. The minimum atomic E-state index is -5.10. The number of hydrogen-bond donors (Lipinski definition) is 3. The van der Waals surface area contributed by atoms with Crippen LogP contribution in [0.4, 0.5) is 3.89 Å². The van der Waals surface area contributed by atoms with Crippen LogP contribution in [0.2, 0.25) is 0 Å². The molecule has 0 bridgehead atoms. The SMILES string of the molecule is Cc1cc(O)cc(C)c1CC(NS(=O)(=O)F)C(=O)O. The first kappa shape index (κ1) is 15.4. The zero-order valence-corrected chi connectivity index (χ0v) is 11.2. The average Bonchev–Trinajstić information content (AvgIpc) is 2.19. The standard InChI is InChI=1S/C11H14FNO5S/c1-6-3-8(14)4-7(2)9(6)5-10(11(15)16)13-19(12,17)18/h3-4,10,13-14H,5H2,1-2H3,(H,15,16). The molecule has 1 aromatic carbocycles. The maximum absolute atomic E-state index is 12.5. The molecule has 0 aliphatic heterocycles. The van der Waals surface area contributed by atoms with E-state index in [9.17, 15) is 22.2 Å². The molecule has 1 aromatic rings. The van der Waals surface area contributed by atoms with Crippen LogP contribution in [-0.4, -0.2) is 30.6 Å². The summed E-state index contributed by atoms with van der Waals surface area (Å²) in [5.74, 6) is -1.45. The van der Waals surface area contributed by atoms with Crippen molar-refractivity contribution in [1.82, 2.24) is 4.72 Å². The molecule has 3 N–H and O–H groups in total. The van der Waals surface area contributed by atoms with E-state index in [-0.39, 0.29) is 12.2 Å². The Hall–Kier alpha value is -1.67. The molecule has 106 valence electrons. The van der Waals surface area contributed by atoms with Gasteiger partial charge in [-0.15, -0.1) is 0 Å². The van der Waals surface area contributed by atoms with Gasteiger partial charge >= 0.3 is 16.4 Å². The average molecular weight is 291 g/mol. The molecule has 1 unspecified atom stereocenters. The lowest BCUT2D eigenvalue weighted by Gasteiger charge is -2.15. The molecule has 1 atom stereocenters. The summed E-state index contributed by atoms with van der Waals surface area (Å²) in [7, 11) is -5.10. The van der Waals surface area contributed by atoms with Crippen molar-refractivity contribution in [3.05, 3.63) is 28.8 Å². The molecule has 0 saturated carbocycles. The van der Waals surface area contributed by atoms with Gasteiger partial charge in [0.15, 0.2) is 0 Å². The Morgan fingerprint density at radius 1 is 1.37 bits per heavy atom. The van der Waals surface area contributed by atoms with Crippen molar-refractivity contribution >= 4 is 16.4 Å². The largest absolute Gasteiger partial charge is 0.508 e. The molecule has 6 nitrogen and oxygen atoms in total. The molecule has 0 radical (unpaired) electrons. The van der Waals surface area contributed by atoms with E-state index in [1.54, 1.807) is 13.8 Å². The molecular formula is C11H14FNO5S. The lowest BCUT2D eigenvalue weighted by molar-refractivity contribution is -0.138. The molecular weight excluding hydrogens is 277 g/mol. The van der Waals surface area contributed by atoms with E-state index in [4.69, 9.17) is 5.11 Å². The highest BCUT2D eigenvalue weighted by molar-refractivity contribution is 7.84. The number of hydrogen-bond acceptors (Lipinski definition) is 4. The number of aryl methyl sites for hydroxylation is 2. The van der Waals surface area contributed by atoms with Crippen LogP contribution in [-0.2, 0) is 21.6 Å². The van der Waals surface area contributed by atoms with Crippen LogP contribution in [0.15, 0.2) is 12.1 Å². The summed E-state index contributed by atoms with van der Waals surface area (Å²) in [6.45, 7) is 3.29. The van der Waals surface area contributed by atoms with E-state index in [0.29, 0.717) is 16.7 Å². The fourth-order valence-electron chi connectivity index (χ4n) is 1.85. The summed E-state index contributed by atoms with van der Waals surface area (Å²) in [6.07, 6.45) is -0.212. The number of aromatic hydroxyl groups is 1. The molecule has 0 aliphatic carbocycles. The minimum Gasteiger partial charge on any atom is -0.508 e. The van der Waals surface area contributed by atoms with Gasteiger partial charge in [-0.05, 0) is 42.7 Å². The highest BCUT2D eigenvalue weighted by Gasteiger charge is 2.25. The Labute approximate surface area is 110 Å². The zero-order chi connectivity index (χ0) is 14.8. The third-order valence-electron chi connectivity index (χ3n) is 2.67. The first-order valence-corrected chi connectivity index (χ1v) is 6.72. The second-order valence-electron chi connectivity index (χ2n) is 4.21. The summed E-state index contributed by atoms with van der Waals surface area (Å²) in [5, 5.41) is 18.3. The molecule has 0 spiro atoms. The second kappa shape index (κ2) is 5.54. The summed E-state index contributed by atoms with van der Waals surface area (Å²) < 4.78 is 34.9. The topological polar surface area (TPSA) is 104 Å². The van der Waals surface area contributed by atoms with Crippen LogP contribution in [0, 0.1) is 13.8 Å². The number of phenolic OH excluding ortho intramolecular Hbond substituents is 1. The van der Waals surface area contributed by atoms with Gasteiger partial charge in [0.2, 0.25) is 0 Å². The molecule has 1 rings (SSSR count). The number of halogens is 1. The summed E-state index contributed by atoms with van der Waals surface area (Å²) >= 11 is 0. The van der Waals surface area contributed by atoms with Crippen LogP contribution in [0.25, 0.3) is 0 Å². The smallest absolute Gasteiger partial charge is 0.373 e. The predicted octanol–water partition coefficient (Wildman–Crippen LogP) is 0.809. The Morgan fingerprint density at radius 3 is 2.21 bits per heavy atom. The van der Waals surface area contributed by atoms with Crippen molar-refractivity contribution in [2.24, 2.45) is 0 Å². The quantitative estimate of drug-likeness (QED) is 0.696. The van der Waals surface area contributed by atoms with Crippen molar-refractivity contribution in [1.29, 1.82) is 0 Å². The number of carboxylic acid groups (broad SMARTS) is 1. The Balaban J connectivity index is 3.08. The third kappa shape index (κ3) is 4.49. The van der Waals surface area contributed by atoms with Crippen molar-refractivity contribution in [2.75, 3.05) is 0 Å². The maximum Gasteiger partial charge on any atom is 0.373 e. The zero-order valence-electron chi connectivity index (χ0n) is 10.3. The fraction of sp³-hybridized carbons (Fsp3) is 0.364. The van der Waals surface area contributed by atoms with Gasteiger partial charge < -0.3 is 10.2 Å². The highest BCUT2D eigenvalue weighted by atomic mass is 32.3. The lowest BCUT2D eigenvalue weighted by atomic mass is 9.96. The van der Waals surface area contributed by atoms with Gasteiger partial charge in [-0.25, -0.2) is 0 Å². The van der Waals surface area contributed by atoms with Gasteiger partial charge in [0, 0.05) is 6.42 Å². The van der Waals surface area contributed by atoms with Crippen molar-refractivity contribution < 1.29 is 27.3 Å². The predicted molar refractivity (Wildman–Crippen MR) is 65.9 cm³/mol. The second-order valence-corrected chi connectivity index (χ2v) is 5.32. The molecule has 0 aromatic heterocycles. The van der Waals surface area contributed by atoms with Gasteiger partial charge in [-0.3, -0.25) is 4.79 Å². The summed E-state index contributed by atoms with van der Waals surface area (Å²) in [6, 6.07) is 1.24. The summed E-state index contributed by atoms with van der Waals surface area (Å²) in [5.41, 5.74) is 1.74. The van der Waals surface area contributed by atoms with E-state index in [1.165, 1.54) is 16.9 Å². The van der Waals surface area contributed by atoms with Gasteiger partial charge in [0.1, 0.15) is 11.8 Å². The molecule has 0 amide bonds. The first-order valence-electron chi connectivity index (χ1n) is 5.34. The number of rotatable bonds is 5. The number of phenols is 1. The molecule has 8 heteroatoms. The van der Waals surface area contributed by atoms with E-state index in [0.717, 1.165) is 0 Å². The van der Waals surface area contributed by atoms with Crippen molar-refractivity contribution in [3.63, 3.8) is 0 Å². The monoisotopic (exact) mass is 291 g/mol. The Morgan fingerprint density at radius 2 is 1.84 bits per heavy atom. The van der Waals surface area contributed by atoms with E-state index in [1.807, 2.05) is 0 Å². The van der Waals surface area contributed by atoms with Gasteiger partial charge in [-0.2, -0.15) is 13.1 Å². The number of benzene rings is 1. The van der Waals surface area contributed by atoms with Gasteiger partial charge in [0.25, 0.3) is 0 Å². The van der Waals surface area contributed by atoms with Crippen molar-refractivity contribution in [3.8, 4) is 5.75 Å². The van der Waals surface area contributed by atoms with Gasteiger partial charge in [0.05, 0.1) is 0 Å². The van der Waals surface area contributed by atoms with Crippen LogP contribution in [0.1, 0.15) is 16.7 Å². The Bertz CT molecular complexity index is 576. The minimum absolute atomic E-state index is 0.0247. The normalized spacial score (nSPS) is 13.2. The number of nitrogens with one attached hydrogen (secondary N) is 1. The van der Waals surface area contributed by atoms with Crippen LogP contribution in [0.5, 0.6) is 5.75 Å². The van der Waals surface area contributed by atoms with E-state index >= 15 is 0 Å². The van der Waals surface area contributed by atoms with Crippen LogP contribution in [0.3, 0.4) is 0 Å². The Kier molecular flexibility index (Phi) is 4.48. The number of carbonyl (C=O) groups is 1. The molecule has 0 aliphatic rings. The van der Waals surface area contributed by atoms with E-state index in [2.05, 4.69) is 0 Å². The highest BCUT2D eigenvalue weighted by Crippen LogP contribution is 2.22. The third-order valence-corrected chi connectivity index (χ3v) is 3.24. The lowest BCUT2D eigenvalue weighted by Crippen LogP contribution is -2.40. The molecule has 19 heavy (non-hydrogen) atoms. The number of aliphatic carboxylic acids is 1. The fourth-order valence-corrected chi connectivity index (χ4v) is 2.37. The van der Waals surface area contributed by atoms with Crippen LogP contribution >= 0.6 is 0 Å². The van der Waals surface area contributed by atoms with Gasteiger partial charge in [-0.1, -0.05) is 3.89 Å². The van der Waals surface area contributed by atoms with Crippen LogP contribution < -0.4 is 4.72 Å². The summed E-state index contributed by atoms with van der Waals surface area (Å²) in [4.78, 5) is 10.9. The molecule has 0 heterocycles. The van der Waals surface area contributed by atoms with Crippen molar-refractivity contribution in [2.45, 2.75) is 26.3 Å². The molecule has 0 fully saturated rings.